The van der Waals surface area contributed by atoms with Gasteiger partial charge in [-0.1, -0.05) is 66.7 Å². The molecule has 0 N–H and O–H groups in total. The van der Waals surface area contributed by atoms with Crippen LogP contribution in [0, 0.1) is 3.57 Å². The van der Waals surface area contributed by atoms with Crippen LogP contribution in [0.2, 0.25) is 0 Å². The van der Waals surface area contributed by atoms with E-state index < -0.39 is 0 Å². The van der Waals surface area contributed by atoms with Crippen LogP contribution >= 0.6 is 22.6 Å². The lowest BCUT2D eigenvalue weighted by Crippen LogP contribution is -2.19. The van der Waals surface area contributed by atoms with Crippen molar-refractivity contribution in [2.75, 3.05) is 5.01 Å². The van der Waals surface area contributed by atoms with Crippen molar-refractivity contribution in [3.8, 4) is 0 Å². The molecule has 0 saturated heterocycles. The van der Waals surface area contributed by atoms with Crippen LogP contribution in [0.3, 0.4) is 0 Å². The molecule has 0 saturated carbocycles. The minimum atomic E-state index is 0.232. The topological polar surface area (TPSA) is 15.6 Å². The van der Waals surface area contributed by atoms with Crippen LogP contribution < -0.4 is 5.01 Å². The Morgan fingerprint density at radius 2 is 1.42 bits per heavy atom. The molecule has 4 rings (SSSR count). The molecule has 24 heavy (non-hydrogen) atoms. The predicted octanol–water partition coefficient (Wildman–Crippen LogP) is 5.65. The molecule has 118 valence electrons. The molecule has 1 aliphatic rings. The van der Waals surface area contributed by atoms with Gasteiger partial charge in [0, 0.05) is 9.99 Å². The quantitative estimate of drug-likeness (QED) is 0.497. The van der Waals surface area contributed by atoms with E-state index in [-0.39, 0.29) is 6.04 Å². The smallest absolute Gasteiger partial charge is 0.0842 e. The van der Waals surface area contributed by atoms with Gasteiger partial charge in [0.2, 0.25) is 0 Å². The maximum Gasteiger partial charge on any atom is 0.0842 e. The summed E-state index contributed by atoms with van der Waals surface area (Å²) in [6, 6.07) is 29.7. The lowest BCUT2D eigenvalue weighted by Gasteiger charge is -2.24. The summed E-state index contributed by atoms with van der Waals surface area (Å²) in [6.07, 6.45) is 0.916. The Bertz CT molecular complexity index is 859. The number of hydrogen-bond acceptors (Lipinski definition) is 2. The summed E-state index contributed by atoms with van der Waals surface area (Å²) in [5.41, 5.74) is 4.81. The zero-order valence-corrected chi connectivity index (χ0v) is 15.3. The van der Waals surface area contributed by atoms with E-state index >= 15 is 0 Å². The highest BCUT2D eigenvalue weighted by Crippen LogP contribution is 2.38. The average molecular weight is 424 g/mol. The molecule has 0 aliphatic carbocycles. The van der Waals surface area contributed by atoms with Crippen molar-refractivity contribution in [3.63, 3.8) is 0 Å². The van der Waals surface area contributed by atoms with Crippen LogP contribution in [0.5, 0.6) is 0 Å². The first-order valence-corrected chi connectivity index (χ1v) is 9.12. The van der Waals surface area contributed by atoms with Crippen LogP contribution in [-0.4, -0.2) is 5.71 Å². The molecule has 0 fully saturated rings. The van der Waals surface area contributed by atoms with E-state index in [2.05, 4.69) is 100 Å². The summed E-state index contributed by atoms with van der Waals surface area (Å²) in [6.45, 7) is 0. The SMILES string of the molecule is Ic1ccccc1C1CC(c2ccccc2)=NN1c1ccccc1. The van der Waals surface area contributed by atoms with Crippen molar-refractivity contribution in [2.24, 2.45) is 5.10 Å². The fourth-order valence-corrected chi connectivity index (χ4v) is 3.87. The summed E-state index contributed by atoms with van der Waals surface area (Å²) in [4.78, 5) is 0. The monoisotopic (exact) mass is 424 g/mol. The Balaban J connectivity index is 1.78. The van der Waals surface area contributed by atoms with Crippen molar-refractivity contribution < 1.29 is 0 Å². The van der Waals surface area contributed by atoms with E-state index in [1.165, 1.54) is 14.7 Å². The molecule has 1 unspecified atom stereocenters. The first-order valence-electron chi connectivity index (χ1n) is 8.04. The largest absolute Gasteiger partial charge is 0.257 e. The van der Waals surface area contributed by atoms with Gasteiger partial charge in [-0.25, -0.2) is 0 Å². The van der Waals surface area contributed by atoms with Crippen molar-refractivity contribution in [3.05, 3.63) is 99.6 Å². The highest BCUT2D eigenvalue weighted by Gasteiger charge is 2.30. The summed E-state index contributed by atoms with van der Waals surface area (Å²) in [5, 5.41) is 7.14. The third-order valence-corrected chi connectivity index (χ3v) is 5.28. The Kier molecular flexibility index (Phi) is 4.34. The molecule has 0 spiro atoms. The molecule has 0 radical (unpaired) electrons. The van der Waals surface area contributed by atoms with E-state index in [9.17, 15) is 0 Å². The molecular weight excluding hydrogens is 407 g/mol. The lowest BCUT2D eigenvalue weighted by molar-refractivity contribution is 0.705. The van der Waals surface area contributed by atoms with Gasteiger partial charge in [-0.2, -0.15) is 5.10 Å². The first kappa shape index (κ1) is 15.4. The second-order valence-electron chi connectivity index (χ2n) is 5.83. The van der Waals surface area contributed by atoms with Crippen LogP contribution in [0.1, 0.15) is 23.6 Å². The van der Waals surface area contributed by atoms with Gasteiger partial charge >= 0.3 is 0 Å². The molecule has 3 aromatic rings. The summed E-state index contributed by atoms with van der Waals surface area (Å²) in [5.74, 6) is 0. The molecule has 2 nitrogen and oxygen atoms in total. The average Bonchev–Trinajstić information content (AvgIpc) is 3.09. The zero-order valence-electron chi connectivity index (χ0n) is 13.1. The normalized spacial score (nSPS) is 17.0. The van der Waals surface area contributed by atoms with E-state index in [1.807, 2.05) is 12.1 Å². The van der Waals surface area contributed by atoms with Gasteiger partial charge < -0.3 is 0 Å². The van der Waals surface area contributed by atoms with Crippen molar-refractivity contribution in [1.82, 2.24) is 0 Å². The third kappa shape index (κ3) is 2.96. The zero-order chi connectivity index (χ0) is 16.4. The Labute approximate surface area is 156 Å². The Morgan fingerprint density at radius 3 is 2.12 bits per heavy atom. The van der Waals surface area contributed by atoms with E-state index in [0.29, 0.717) is 0 Å². The van der Waals surface area contributed by atoms with Gasteiger partial charge in [-0.15, -0.1) is 0 Å². The Morgan fingerprint density at radius 1 is 0.792 bits per heavy atom. The second-order valence-corrected chi connectivity index (χ2v) is 7.00. The number of rotatable bonds is 3. The van der Waals surface area contributed by atoms with Crippen molar-refractivity contribution in [1.29, 1.82) is 0 Å². The van der Waals surface area contributed by atoms with E-state index in [4.69, 9.17) is 5.10 Å². The van der Waals surface area contributed by atoms with Crippen LogP contribution in [0.15, 0.2) is 90.0 Å². The van der Waals surface area contributed by atoms with Gasteiger partial charge in [0.15, 0.2) is 0 Å². The maximum absolute atomic E-state index is 4.97. The highest BCUT2D eigenvalue weighted by molar-refractivity contribution is 14.1. The third-order valence-electron chi connectivity index (χ3n) is 4.30. The molecule has 0 aromatic heterocycles. The minimum absolute atomic E-state index is 0.232. The van der Waals surface area contributed by atoms with Crippen LogP contribution in [-0.2, 0) is 0 Å². The van der Waals surface area contributed by atoms with Gasteiger partial charge in [0.1, 0.15) is 0 Å². The molecule has 1 aliphatic heterocycles. The van der Waals surface area contributed by atoms with Crippen LogP contribution in [0.4, 0.5) is 5.69 Å². The molecule has 3 heteroatoms. The molecule has 3 aromatic carbocycles. The molecule has 0 bridgehead atoms. The fourth-order valence-electron chi connectivity index (χ4n) is 3.12. The fraction of sp³-hybridized carbons (Fsp3) is 0.0952. The summed E-state index contributed by atoms with van der Waals surface area (Å²) < 4.78 is 1.28. The number of benzene rings is 3. The molecule has 1 atom stereocenters. The number of nitrogens with zero attached hydrogens (tertiary/aromatic N) is 2. The minimum Gasteiger partial charge on any atom is -0.257 e. The lowest BCUT2D eigenvalue weighted by atomic mass is 9.98. The van der Waals surface area contributed by atoms with Crippen molar-refractivity contribution >= 4 is 34.0 Å². The van der Waals surface area contributed by atoms with Gasteiger partial charge in [0.05, 0.1) is 17.4 Å². The number of anilines is 1. The highest BCUT2D eigenvalue weighted by atomic mass is 127. The van der Waals surface area contributed by atoms with Crippen molar-refractivity contribution in [2.45, 2.75) is 12.5 Å². The van der Waals surface area contributed by atoms with Gasteiger partial charge in [-0.3, -0.25) is 5.01 Å². The predicted molar refractivity (Wildman–Crippen MR) is 108 cm³/mol. The first-order chi connectivity index (χ1) is 11.8. The van der Waals surface area contributed by atoms with E-state index in [1.54, 1.807) is 0 Å². The number of para-hydroxylation sites is 1. The second kappa shape index (κ2) is 6.77. The maximum atomic E-state index is 4.97. The molecule has 1 heterocycles. The standard InChI is InChI=1S/C21H17IN2/c22-19-14-8-7-13-18(19)21-15-20(16-9-3-1-4-10-16)23-24(21)17-11-5-2-6-12-17/h1-14,21H,15H2. The number of hydrogen-bond donors (Lipinski definition) is 0. The molecule has 0 amide bonds. The summed E-state index contributed by atoms with van der Waals surface area (Å²) in [7, 11) is 0. The Hall–Kier alpha value is -2.14. The van der Waals surface area contributed by atoms with Gasteiger partial charge in [0.25, 0.3) is 0 Å². The number of hydrazone groups is 1. The number of halogens is 1. The molecular formula is C21H17IN2. The van der Waals surface area contributed by atoms with Gasteiger partial charge in [-0.05, 0) is 51.9 Å². The van der Waals surface area contributed by atoms with E-state index in [0.717, 1.165) is 17.8 Å². The summed E-state index contributed by atoms with van der Waals surface area (Å²) >= 11 is 2.42. The van der Waals surface area contributed by atoms with Crippen LogP contribution in [0.25, 0.3) is 0 Å².